The molecule has 1 amide bonds. The quantitative estimate of drug-likeness (QED) is 0.581. The van der Waals surface area contributed by atoms with Crippen LogP contribution in [0, 0.1) is 5.92 Å². The van der Waals surface area contributed by atoms with Crippen LogP contribution in [0.2, 0.25) is 0 Å². The van der Waals surface area contributed by atoms with Gasteiger partial charge in [0.15, 0.2) is 0 Å². The van der Waals surface area contributed by atoms with Gasteiger partial charge in [-0.1, -0.05) is 13.8 Å². The van der Waals surface area contributed by atoms with Gasteiger partial charge in [0, 0.05) is 11.8 Å². The van der Waals surface area contributed by atoms with Crippen molar-refractivity contribution in [3.63, 3.8) is 0 Å². The van der Waals surface area contributed by atoms with Gasteiger partial charge in [-0.25, -0.2) is 0 Å². The molecule has 0 aromatic carbocycles. The van der Waals surface area contributed by atoms with Gasteiger partial charge >= 0.3 is 0 Å². The second-order valence-electron chi connectivity index (χ2n) is 4.79. The molecule has 0 aliphatic carbocycles. The average Bonchev–Trinajstić information content (AvgIpc) is 2.26. The summed E-state index contributed by atoms with van der Waals surface area (Å²) in [6.45, 7) is 6.09. The molecule has 4 nitrogen and oxygen atoms in total. The molecular weight excluding hydrogens is 238 g/mol. The lowest BCUT2D eigenvalue weighted by Crippen LogP contribution is -2.34. The summed E-state index contributed by atoms with van der Waals surface area (Å²) in [6, 6.07) is 0.202. The summed E-state index contributed by atoms with van der Waals surface area (Å²) in [4.78, 5) is 11.5. The van der Waals surface area contributed by atoms with Crippen molar-refractivity contribution < 1.29 is 15.0 Å². The van der Waals surface area contributed by atoms with Gasteiger partial charge in [0.25, 0.3) is 0 Å². The van der Waals surface area contributed by atoms with Crippen molar-refractivity contribution in [1.82, 2.24) is 5.32 Å². The van der Waals surface area contributed by atoms with E-state index in [9.17, 15) is 4.79 Å². The average molecular weight is 263 g/mol. The van der Waals surface area contributed by atoms with E-state index in [0.717, 1.165) is 12.8 Å². The normalized spacial score (nSPS) is 14.7. The summed E-state index contributed by atoms with van der Waals surface area (Å²) in [5.74, 6) is 1.38. The van der Waals surface area contributed by atoms with Crippen molar-refractivity contribution in [1.29, 1.82) is 0 Å². The third-order valence-electron chi connectivity index (χ3n) is 2.34. The minimum atomic E-state index is -0.730. The molecule has 0 aromatic heterocycles. The Labute approximate surface area is 108 Å². The lowest BCUT2D eigenvalue weighted by atomic mass is 10.0. The summed E-state index contributed by atoms with van der Waals surface area (Å²) in [7, 11) is 0. The zero-order valence-electron chi connectivity index (χ0n) is 11.0. The first kappa shape index (κ1) is 16.7. The monoisotopic (exact) mass is 263 g/mol. The molecule has 0 heterocycles. The molecule has 0 aliphatic heterocycles. The largest absolute Gasteiger partial charge is 0.394 e. The lowest BCUT2D eigenvalue weighted by Gasteiger charge is -2.15. The molecule has 0 aromatic rings. The Kier molecular flexibility index (Phi) is 9.59. The molecule has 102 valence electrons. The molecule has 0 aliphatic rings. The van der Waals surface area contributed by atoms with Gasteiger partial charge in [-0.3, -0.25) is 4.79 Å². The Morgan fingerprint density at radius 3 is 2.47 bits per heavy atom. The minimum absolute atomic E-state index is 0.00334. The Hall–Kier alpha value is -0.260. The maximum Gasteiger partial charge on any atom is 0.230 e. The van der Waals surface area contributed by atoms with E-state index >= 15 is 0 Å². The lowest BCUT2D eigenvalue weighted by molar-refractivity contribution is -0.119. The number of aliphatic hydroxyl groups is 2. The molecule has 0 saturated heterocycles. The van der Waals surface area contributed by atoms with Crippen molar-refractivity contribution in [2.24, 2.45) is 5.92 Å². The molecule has 2 atom stereocenters. The van der Waals surface area contributed by atoms with Crippen LogP contribution >= 0.6 is 11.8 Å². The second kappa shape index (κ2) is 9.74. The zero-order chi connectivity index (χ0) is 13.3. The molecular formula is C12H25NO3S. The van der Waals surface area contributed by atoms with E-state index in [-0.39, 0.29) is 18.6 Å². The van der Waals surface area contributed by atoms with E-state index in [2.05, 4.69) is 19.2 Å². The SMILES string of the molecule is CC(C)CCC(C)NC(=O)CSCC(O)CO. The molecule has 0 saturated carbocycles. The highest BCUT2D eigenvalue weighted by atomic mass is 32.2. The van der Waals surface area contributed by atoms with E-state index in [1.807, 2.05) is 6.92 Å². The Balaban J connectivity index is 3.57. The van der Waals surface area contributed by atoms with Crippen LogP contribution in [0.1, 0.15) is 33.6 Å². The van der Waals surface area contributed by atoms with E-state index in [1.54, 1.807) is 0 Å². The summed E-state index contributed by atoms with van der Waals surface area (Å²) in [6.07, 6.45) is 1.37. The number of aliphatic hydroxyl groups excluding tert-OH is 2. The van der Waals surface area contributed by atoms with Gasteiger partial charge in [0.1, 0.15) is 0 Å². The molecule has 0 radical (unpaired) electrons. The van der Waals surface area contributed by atoms with Gasteiger partial charge in [-0.2, -0.15) is 0 Å². The van der Waals surface area contributed by atoms with Gasteiger partial charge in [-0.05, 0) is 25.7 Å². The number of nitrogens with one attached hydrogen (secondary N) is 1. The predicted molar refractivity (Wildman–Crippen MR) is 72.1 cm³/mol. The Morgan fingerprint density at radius 2 is 1.94 bits per heavy atom. The molecule has 0 spiro atoms. The van der Waals surface area contributed by atoms with Crippen LogP contribution in [0.5, 0.6) is 0 Å². The number of rotatable bonds is 9. The summed E-state index contributed by atoms with van der Waals surface area (Å²) >= 11 is 1.34. The number of hydrogen-bond donors (Lipinski definition) is 3. The van der Waals surface area contributed by atoms with Crippen LogP contribution in [-0.4, -0.2) is 46.4 Å². The first-order valence-corrected chi connectivity index (χ1v) is 7.27. The van der Waals surface area contributed by atoms with Crippen molar-refractivity contribution in [3.8, 4) is 0 Å². The van der Waals surface area contributed by atoms with Crippen LogP contribution in [-0.2, 0) is 4.79 Å². The van der Waals surface area contributed by atoms with Crippen LogP contribution in [0.25, 0.3) is 0 Å². The summed E-state index contributed by atoms with van der Waals surface area (Å²) in [5, 5.41) is 20.6. The molecule has 0 rings (SSSR count). The van der Waals surface area contributed by atoms with Crippen molar-refractivity contribution in [3.05, 3.63) is 0 Å². The van der Waals surface area contributed by atoms with Gasteiger partial charge in [0.2, 0.25) is 5.91 Å². The number of amides is 1. The first-order chi connectivity index (χ1) is 7.95. The third kappa shape index (κ3) is 10.6. The molecule has 17 heavy (non-hydrogen) atoms. The number of thioether (sulfide) groups is 1. The van der Waals surface area contributed by atoms with Crippen LogP contribution in [0.4, 0.5) is 0 Å². The fourth-order valence-electron chi connectivity index (χ4n) is 1.31. The van der Waals surface area contributed by atoms with Crippen LogP contribution in [0.15, 0.2) is 0 Å². The standard InChI is InChI=1S/C12H25NO3S/c1-9(2)4-5-10(3)13-12(16)8-17-7-11(15)6-14/h9-11,14-15H,4-8H2,1-3H3,(H,13,16). The Morgan fingerprint density at radius 1 is 1.29 bits per heavy atom. The van der Waals surface area contributed by atoms with Crippen LogP contribution < -0.4 is 5.32 Å². The van der Waals surface area contributed by atoms with Gasteiger partial charge in [0.05, 0.1) is 18.5 Å². The molecule has 2 unspecified atom stereocenters. The minimum Gasteiger partial charge on any atom is -0.394 e. The molecule has 5 heteroatoms. The number of carbonyl (C=O) groups excluding carboxylic acids is 1. The van der Waals surface area contributed by atoms with Gasteiger partial charge < -0.3 is 15.5 Å². The van der Waals surface area contributed by atoms with Gasteiger partial charge in [-0.15, -0.1) is 11.8 Å². The highest BCUT2D eigenvalue weighted by molar-refractivity contribution is 7.99. The molecule has 0 fully saturated rings. The fourth-order valence-corrected chi connectivity index (χ4v) is 2.08. The maximum absolute atomic E-state index is 11.5. The second-order valence-corrected chi connectivity index (χ2v) is 5.82. The predicted octanol–water partition coefficient (Wildman–Crippen LogP) is 1.01. The number of hydrogen-bond acceptors (Lipinski definition) is 4. The van der Waals surface area contributed by atoms with Crippen molar-refractivity contribution in [2.75, 3.05) is 18.1 Å². The molecule has 0 bridgehead atoms. The summed E-state index contributed by atoms with van der Waals surface area (Å²) < 4.78 is 0. The highest BCUT2D eigenvalue weighted by Gasteiger charge is 2.09. The maximum atomic E-state index is 11.5. The smallest absolute Gasteiger partial charge is 0.230 e. The van der Waals surface area contributed by atoms with E-state index in [0.29, 0.717) is 17.4 Å². The van der Waals surface area contributed by atoms with Crippen LogP contribution in [0.3, 0.4) is 0 Å². The third-order valence-corrected chi connectivity index (χ3v) is 3.43. The zero-order valence-corrected chi connectivity index (χ0v) is 11.8. The first-order valence-electron chi connectivity index (χ1n) is 6.11. The highest BCUT2D eigenvalue weighted by Crippen LogP contribution is 2.07. The molecule has 3 N–H and O–H groups in total. The topological polar surface area (TPSA) is 69.6 Å². The van der Waals surface area contributed by atoms with Crippen molar-refractivity contribution >= 4 is 17.7 Å². The van der Waals surface area contributed by atoms with E-state index in [1.165, 1.54) is 11.8 Å². The Bertz CT molecular complexity index is 212. The van der Waals surface area contributed by atoms with E-state index in [4.69, 9.17) is 10.2 Å². The van der Waals surface area contributed by atoms with Crippen molar-refractivity contribution in [2.45, 2.75) is 45.8 Å². The van der Waals surface area contributed by atoms with E-state index < -0.39 is 6.10 Å². The summed E-state index contributed by atoms with van der Waals surface area (Å²) in [5.41, 5.74) is 0. The number of carbonyl (C=O) groups is 1. The fraction of sp³-hybridized carbons (Fsp3) is 0.917.